The zero-order valence-corrected chi connectivity index (χ0v) is 12.7. The van der Waals surface area contributed by atoms with Crippen LogP contribution in [0.1, 0.15) is 30.0 Å². The molecule has 0 saturated carbocycles. The summed E-state index contributed by atoms with van der Waals surface area (Å²) >= 11 is 1.59. The van der Waals surface area contributed by atoms with Crippen LogP contribution in [0.5, 0.6) is 0 Å². The van der Waals surface area contributed by atoms with Crippen LogP contribution >= 0.6 is 11.3 Å². The molecule has 1 heterocycles. The van der Waals surface area contributed by atoms with Gasteiger partial charge in [-0.05, 0) is 24.1 Å². The Kier molecular flexibility index (Phi) is 4.87. The molecule has 1 aromatic carbocycles. The topological polar surface area (TPSA) is 85.1 Å². The number of nitrogens with two attached hydrogens (primary N) is 1. The normalized spacial score (nSPS) is 13.3. The lowest BCUT2D eigenvalue weighted by molar-refractivity contribution is 0.517. The number of rotatable bonds is 6. The maximum absolute atomic E-state index is 11.4. The summed E-state index contributed by atoms with van der Waals surface area (Å²) in [5.41, 5.74) is 0.913. The van der Waals surface area contributed by atoms with Gasteiger partial charge in [0.2, 0.25) is 10.0 Å². The molecule has 0 spiro atoms. The molecule has 0 aliphatic rings. The number of primary sulfonamides is 1. The molecule has 0 aliphatic carbocycles. The third-order valence-corrected chi connectivity index (χ3v) is 4.67. The van der Waals surface area contributed by atoms with E-state index in [4.69, 9.17) is 5.14 Å². The van der Waals surface area contributed by atoms with Gasteiger partial charge in [-0.25, -0.2) is 18.5 Å². The highest BCUT2D eigenvalue weighted by Gasteiger charge is 2.13. The summed E-state index contributed by atoms with van der Waals surface area (Å²) < 4.78 is 22.8. The van der Waals surface area contributed by atoms with Crippen molar-refractivity contribution >= 4 is 21.4 Å². The smallest absolute Gasteiger partial charge is 0.238 e. The molecule has 7 heteroatoms. The molecule has 1 unspecified atom stereocenters. The van der Waals surface area contributed by atoms with Crippen LogP contribution in [0.2, 0.25) is 0 Å². The van der Waals surface area contributed by atoms with Gasteiger partial charge in [0.05, 0.1) is 4.90 Å². The molecule has 5 nitrogen and oxygen atoms in total. The maximum Gasteiger partial charge on any atom is 0.238 e. The molecule has 2 rings (SSSR count). The molecule has 3 N–H and O–H groups in total. The van der Waals surface area contributed by atoms with E-state index < -0.39 is 10.0 Å². The molecule has 0 aliphatic heterocycles. The fourth-order valence-corrected chi connectivity index (χ4v) is 3.09. The maximum atomic E-state index is 11.4. The second-order valence-electron chi connectivity index (χ2n) is 4.39. The molecule has 108 valence electrons. The summed E-state index contributed by atoms with van der Waals surface area (Å²) in [5.74, 6) is 0. The first kappa shape index (κ1) is 15.1. The van der Waals surface area contributed by atoms with E-state index in [2.05, 4.69) is 10.3 Å². The predicted octanol–water partition coefficient (Wildman–Crippen LogP) is 2.03. The zero-order chi connectivity index (χ0) is 14.6. The van der Waals surface area contributed by atoms with Crippen molar-refractivity contribution in [2.24, 2.45) is 5.14 Å². The summed E-state index contributed by atoms with van der Waals surface area (Å²) in [6.07, 6.45) is 2.61. The molecule has 2 aromatic rings. The number of nitrogens with zero attached hydrogens (tertiary/aromatic N) is 1. The average Bonchev–Trinajstić information content (AvgIpc) is 2.92. The van der Waals surface area contributed by atoms with Crippen LogP contribution in [0.3, 0.4) is 0 Å². The van der Waals surface area contributed by atoms with Crippen molar-refractivity contribution < 1.29 is 8.42 Å². The minimum absolute atomic E-state index is 0.0700. The van der Waals surface area contributed by atoms with Crippen LogP contribution in [0.15, 0.2) is 40.7 Å². The molecular formula is C13H17N3O2S2. The molecule has 1 aromatic heterocycles. The van der Waals surface area contributed by atoms with Crippen LogP contribution in [0.4, 0.5) is 0 Å². The summed E-state index contributed by atoms with van der Waals surface area (Å²) in [6, 6.07) is 6.81. The van der Waals surface area contributed by atoms with Gasteiger partial charge in [-0.1, -0.05) is 19.1 Å². The predicted molar refractivity (Wildman–Crippen MR) is 79.8 cm³/mol. The van der Waals surface area contributed by atoms with E-state index in [1.165, 1.54) is 6.07 Å². The number of sulfonamides is 1. The number of aromatic nitrogens is 1. The van der Waals surface area contributed by atoms with Crippen molar-refractivity contribution in [3.8, 4) is 0 Å². The third-order valence-electron chi connectivity index (χ3n) is 2.98. The van der Waals surface area contributed by atoms with E-state index in [0.717, 1.165) is 17.0 Å². The fourth-order valence-electron chi connectivity index (χ4n) is 1.96. The van der Waals surface area contributed by atoms with Gasteiger partial charge >= 0.3 is 0 Å². The van der Waals surface area contributed by atoms with Crippen LogP contribution in [0, 0.1) is 0 Å². The van der Waals surface area contributed by atoms with Crippen LogP contribution in [0.25, 0.3) is 0 Å². The van der Waals surface area contributed by atoms with Crippen molar-refractivity contribution in [3.05, 3.63) is 46.4 Å². The van der Waals surface area contributed by atoms with Crippen LogP contribution < -0.4 is 10.5 Å². The summed E-state index contributed by atoms with van der Waals surface area (Å²) in [4.78, 5) is 4.36. The van der Waals surface area contributed by atoms with Crippen molar-refractivity contribution in [3.63, 3.8) is 0 Å². The lowest BCUT2D eigenvalue weighted by atomic mass is 10.0. The number of thiazole rings is 1. The molecule has 20 heavy (non-hydrogen) atoms. The Balaban J connectivity index is 2.15. The Morgan fingerprint density at radius 1 is 1.45 bits per heavy atom. The van der Waals surface area contributed by atoms with E-state index in [-0.39, 0.29) is 10.9 Å². The van der Waals surface area contributed by atoms with Gasteiger partial charge in [-0.2, -0.15) is 0 Å². The second-order valence-corrected chi connectivity index (χ2v) is 6.93. The largest absolute Gasteiger partial charge is 0.304 e. The van der Waals surface area contributed by atoms with Crippen molar-refractivity contribution in [2.75, 3.05) is 0 Å². The van der Waals surface area contributed by atoms with Crippen LogP contribution in [-0.2, 0) is 16.6 Å². The van der Waals surface area contributed by atoms with E-state index in [9.17, 15) is 8.42 Å². The van der Waals surface area contributed by atoms with Gasteiger partial charge < -0.3 is 5.32 Å². The minimum atomic E-state index is -3.66. The average molecular weight is 311 g/mol. The first-order valence-electron chi connectivity index (χ1n) is 6.25. The Morgan fingerprint density at radius 2 is 2.25 bits per heavy atom. The Labute approximate surface area is 122 Å². The van der Waals surface area contributed by atoms with Gasteiger partial charge in [0, 0.05) is 24.2 Å². The molecule has 0 saturated heterocycles. The van der Waals surface area contributed by atoms with E-state index in [1.54, 1.807) is 29.7 Å². The van der Waals surface area contributed by atoms with Crippen molar-refractivity contribution in [1.29, 1.82) is 0 Å². The quantitative estimate of drug-likeness (QED) is 0.855. The molecular weight excluding hydrogens is 294 g/mol. The molecule has 0 amide bonds. The fraction of sp³-hybridized carbons (Fsp3) is 0.308. The highest BCUT2D eigenvalue weighted by molar-refractivity contribution is 7.89. The lowest BCUT2D eigenvalue weighted by Gasteiger charge is -2.17. The number of hydrogen-bond acceptors (Lipinski definition) is 5. The van der Waals surface area contributed by atoms with Crippen molar-refractivity contribution in [2.45, 2.75) is 30.8 Å². The van der Waals surface area contributed by atoms with E-state index in [1.807, 2.05) is 18.4 Å². The molecule has 1 atom stereocenters. The SMILES string of the molecule is CCC(NCc1nccs1)c1cccc(S(N)(=O)=O)c1. The first-order chi connectivity index (χ1) is 9.50. The highest BCUT2D eigenvalue weighted by Crippen LogP contribution is 2.20. The Morgan fingerprint density at radius 3 is 2.85 bits per heavy atom. The highest BCUT2D eigenvalue weighted by atomic mass is 32.2. The number of hydrogen-bond donors (Lipinski definition) is 2. The monoisotopic (exact) mass is 311 g/mol. The van der Waals surface area contributed by atoms with Gasteiger partial charge in [-0.3, -0.25) is 0 Å². The van der Waals surface area contributed by atoms with Gasteiger partial charge in [0.25, 0.3) is 0 Å². The summed E-state index contributed by atoms with van der Waals surface area (Å²) in [5, 5.41) is 11.5. The van der Waals surface area contributed by atoms with E-state index >= 15 is 0 Å². The molecule has 0 fully saturated rings. The van der Waals surface area contributed by atoms with Crippen molar-refractivity contribution in [1.82, 2.24) is 10.3 Å². The molecule has 0 bridgehead atoms. The van der Waals surface area contributed by atoms with Gasteiger partial charge in [0.15, 0.2) is 0 Å². The Hall–Kier alpha value is -1.28. The number of benzene rings is 1. The minimum Gasteiger partial charge on any atom is -0.304 e. The lowest BCUT2D eigenvalue weighted by Crippen LogP contribution is -2.21. The van der Waals surface area contributed by atoms with E-state index in [0.29, 0.717) is 6.54 Å². The summed E-state index contributed by atoms with van der Waals surface area (Å²) in [6.45, 7) is 2.71. The van der Waals surface area contributed by atoms with Gasteiger partial charge in [-0.15, -0.1) is 11.3 Å². The molecule has 0 radical (unpaired) electrons. The first-order valence-corrected chi connectivity index (χ1v) is 8.68. The van der Waals surface area contributed by atoms with Gasteiger partial charge in [0.1, 0.15) is 5.01 Å². The second kappa shape index (κ2) is 6.45. The Bertz CT molecular complexity index is 654. The standard InChI is InChI=1S/C13H17N3O2S2/c1-2-12(16-9-13-15-6-7-19-13)10-4-3-5-11(8-10)20(14,17)18/h3-8,12,16H,2,9H2,1H3,(H2,14,17,18). The van der Waals surface area contributed by atoms with Crippen LogP contribution in [-0.4, -0.2) is 13.4 Å². The summed E-state index contributed by atoms with van der Waals surface area (Å²) in [7, 11) is -3.66. The third kappa shape index (κ3) is 3.86. The zero-order valence-electron chi connectivity index (χ0n) is 11.1. The number of nitrogens with one attached hydrogen (secondary N) is 1.